The molecule has 4 aromatic rings. The van der Waals surface area contributed by atoms with Gasteiger partial charge in [0.25, 0.3) is 0 Å². The summed E-state index contributed by atoms with van der Waals surface area (Å²) >= 11 is 0.897. The monoisotopic (exact) mass is 429 g/mol. The number of halogens is 5. The predicted octanol–water partition coefficient (Wildman–Crippen LogP) is 4.46. The molecule has 1 atom stereocenters. The highest BCUT2D eigenvalue weighted by Gasteiger charge is 2.28. The van der Waals surface area contributed by atoms with Crippen LogP contribution in [0.15, 0.2) is 40.9 Å². The number of rotatable bonds is 4. The van der Waals surface area contributed by atoms with Gasteiger partial charge in [0.15, 0.2) is 23.3 Å². The van der Waals surface area contributed by atoms with Crippen molar-refractivity contribution in [2.45, 2.75) is 10.1 Å². The molecular weight excluding hydrogens is 421 g/mol. The molecule has 0 spiro atoms. The average molecular weight is 429 g/mol. The van der Waals surface area contributed by atoms with Gasteiger partial charge in [0.2, 0.25) is 15.1 Å². The number of hydrogen-bond acceptors (Lipinski definition) is 4. The van der Waals surface area contributed by atoms with Crippen LogP contribution in [0, 0.1) is 29.1 Å². The first-order valence-corrected chi connectivity index (χ1v) is 9.80. The van der Waals surface area contributed by atoms with Gasteiger partial charge in [-0.05, 0) is 5.56 Å². The van der Waals surface area contributed by atoms with Crippen LogP contribution < -0.4 is 0 Å². The van der Waals surface area contributed by atoms with E-state index >= 15 is 0 Å². The third kappa shape index (κ3) is 3.10. The lowest BCUT2D eigenvalue weighted by atomic mass is 10.1. The first-order chi connectivity index (χ1) is 13.4. The fraction of sp³-hybridized carbons (Fsp3) is 0.0588. The van der Waals surface area contributed by atoms with E-state index in [9.17, 15) is 26.2 Å². The fourth-order valence-corrected chi connectivity index (χ4v) is 4.70. The maximum Gasteiger partial charge on any atom is 0.213 e. The van der Waals surface area contributed by atoms with Gasteiger partial charge in [-0.15, -0.1) is 5.10 Å². The first kappa shape index (κ1) is 18.7. The molecule has 2 heterocycles. The minimum atomic E-state index is -2.24. The van der Waals surface area contributed by atoms with Gasteiger partial charge in [-0.3, -0.25) is 4.21 Å². The predicted molar refractivity (Wildman–Crippen MR) is 92.6 cm³/mol. The van der Waals surface area contributed by atoms with Crippen molar-refractivity contribution in [2.75, 3.05) is 0 Å². The second-order valence-corrected chi connectivity index (χ2v) is 8.22. The number of benzene rings is 2. The number of imidazole rings is 1. The third-order valence-electron chi connectivity index (χ3n) is 3.83. The molecular formula is C17H8F5N3OS2. The van der Waals surface area contributed by atoms with Crippen LogP contribution in [0.3, 0.4) is 0 Å². The lowest BCUT2D eigenvalue weighted by molar-refractivity contribution is 0.381. The van der Waals surface area contributed by atoms with E-state index in [4.69, 9.17) is 0 Å². The van der Waals surface area contributed by atoms with Crippen LogP contribution in [0.25, 0.3) is 16.2 Å². The summed E-state index contributed by atoms with van der Waals surface area (Å²) in [5.41, 5.74) is -0.774. The maximum absolute atomic E-state index is 13.9. The van der Waals surface area contributed by atoms with Crippen molar-refractivity contribution in [1.82, 2.24) is 14.6 Å². The summed E-state index contributed by atoms with van der Waals surface area (Å²) in [4.78, 5) is 3.98. The van der Waals surface area contributed by atoms with Crippen LogP contribution >= 0.6 is 11.3 Å². The Balaban J connectivity index is 1.70. The van der Waals surface area contributed by atoms with Crippen molar-refractivity contribution in [2.24, 2.45) is 0 Å². The molecule has 0 aliphatic heterocycles. The molecule has 0 saturated carbocycles. The van der Waals surface area contributed by atoms with Crippen LogP contribution in [-0.4, -0.2) is 18.8 Å². The Labute approximate surface area is 160 Å². The van der Waals surface area contributed by atoms with Crippen LogP contribution in [0.1, 0.15) is 5.56 Å². The Morgan fingerprint density at radius 1 is 0.929 bits per heavy atom. The highest BCUT2D eigenvalue weighted by Crippen LogP contribution is 2.32. The summed E-state index contributed by atoms with van der Waals surface area (Å²) in [5, 5.41) is 4.04. The molecule has 0 amide bonds. The van der Waals surface area contributed by atoms with Gasteiger partial charge in [0, 0.05) is 0 Å². The molecule has 0 bridgehead atoms. The molecule has 144 valence electrons. The Kier molecular flexibility index (Phi) is 4.71. The maximum atomic E-state index is 13.9. The van der Waals surface area contributed by atoms with Crippen molar-refractivity contribution in [3.05, 3.63) is 71.2 Å². The van der Waals surface area contributed by atoms with Crippen molar-refractivity contribution in [3.63, 3.8) is 0 Å². The van der Waals surface area contributed by atoms with Crippen molar-refractivity contribution in [1.29, 1.82) is 0 Å². The molecule has 4 nitrogen and oxygen atoms in total. The van der Waals surface area contributed by atoms with Gasteiger partial charge in [-0.25, -0.2) is 31.5 Å². The molecule has 2 aromatic heterocycles. The van der Waals surface area contributed by atoms with Gasteiger partial charge in [0.05, 0.1) is 34.0 Å². The third-order valence-corrected chi connectivity index (χ3v) is 6.42. The van der Waals surface area contributed by atoms with E-state index in [0.29, 0.717) is 0 Å². The molecule has 0 radical (unpaired) electrons. The molecule has 28 heavy (non-hydrogen) atoms. The van der Waals surface area contributed by atoms with E-state index in [0.717, 1.165) is 27.6 Å². The molecule has 11 heteroatoms. The normalized spacial score (nSPS) is 12.6. The lowest BCUT2D eigenvalue weighted by Gasteiger charge is -2.05. The molecule has 2 aromatic carbocycles. The van der Waals surface area contributed by atoms with E-state index in [-0.39, 0.29) is 15.1 Å². The molecule has 0 N–H and O–H groups in total. The standard InChI is InChI=1S/C17H8F5N3OS2/c18-11-10(12(19)14(21)15(22)13(11)20)9-6-25-16(23-9)27-17(24-25)28(26)7-8-4-2-1-3-5-8/h1-6H,7H2. The lowest BCUT2D eigenvalue weighted by Crippen LogP contribution is -2.04. The molecule has 0 saturated heterocycles. The molecule has 4 rings (SSSR count). The first-order valence-electron chi connectivity index (χ1n) is 7.67. The Morgan fingerprint density at radius 3 is 2.14 bits per heavy atom. The van der Waals surface area contributed by atoms with Crippen LogP contribution in [0.4, 0.5) is 22.0 Å². The molecule has 0 aliphatic carbocycles. The van der Waals surface area contributed by atoms with Crippen molar-refractivity contribution >= 4 is 27.1 Å². The number of nitrogens with zero attached hydrogens (tertiary/aromatic N) is 3. The summed E-state index contributed by atoms with van der Waals surface area (Å²) in [5.74, 6) is -10.1. The SMILES string of the molecule is O=S(Cc1ccccc1)c1nn2cc(-c3c(F)c(F)c(F)c(F)c3F)nc2s1. The minimum absolute atomic E-state index is 0.107. The highest BCUT2D eigenvalue weighted by molar-refractivity contribution is 7.86. The number of fused-ring (bicyclic) bond motifs is 1. The minimum Gasteiger partial charge on any atom is -0.251 e. The quantitative estimate of drug-likeness (QED) is 0.273. The summed E-state index contributed by atoms with van der Waals surface area (Å²) in [6.07, 6.45) is 1.02. The molecule has 0 aliphatic rings. The van der Waals surface area contributed by atoms with Crippen molar-refractivity contribution in [3.8, 4) is 11.3 Å². The van der Waals surface area contributed by atoms with Crippen LogP contribution in [-0.2, 0) is 16.6 Å². The summed E-state index contributed by atoms with van der Waals surface area (Å²) in [7, 11) is -1.49. The summed E-state index contributed by atoms with van der Waals surface area (Å²) in [6, 6.07) is 9.04. The fourth-order valence-electron chi connectivity index (χ4n) is 2.51. The Morgan fingerprint density at radius 2 is 1.54 bits per heavy atom. The average Bonchev–Trinajstić information content (AvgIpc) is 3.25. The van der Waals surface area contributed by atoms with E-state index in [1.165, 1.54) is 0 Å². The van der Waals surface area contributed by atoms with Crippen molar-refractivity contribution < 1.29 is 26.2 Å². The van der Waals surface area contributed by atoms with E-state index in [2.05, 4.69) is 10.1 Å². The zero-order valence-electron chi connectivity index (χ0n) is 13.6. The van der Waals surface area contributed by atoms with Gasteiger partial charge < -0.3 is 0 Å². The Hall–Kier alpha value is -2.66. The summed E-state index contributed by atoms with van der Waals surface area (Å²) < 4.78 is 81.6. The summed E-state index contributed by atoms with van der Waals surface area (Å²) in [6.45, 7) is 0. The molecule has 0 fully saturated rings. The second kappa shape index (κ2) is 7.06. The number of aromatic nitrogens is 3. The topological polar surface area (TPSA) is 47.3 Å². The highest BCUT2D eigenvalue weighted by atomic mass is 32.2. The zero-order valence-corrected chi connectivity index (χ0v) is 15.3. The van der Waals surface area contributed by atoms with E-state index in [1.807, 2.05) is 6.07 Å². The van der Waals surface area contributed by atoms with E-state index < -0.39 is 51.1 Å². The Bertz CT molecular complexity index is 1160. The van der Waals surface area contributed by atoms with Gasteiger partial charge >= 0.3 is 0 Å². The van der Waals surface area contributed by atoms with Gasteiger partial charge in [0.1, 0.15) is 0 Å². The van der Waals surface area contributed by atoms with Gasteiger partial charge in [-0.1, -0.05) is 41.7 Å². The van der Waals surface area contributed by atoms with Crippen LogP contribution in [0.5, 0.6) is 0 Å². The largest absolute Gasteiger partial charge is 0.251 e. The smallest absolute Gasteiger partial charge is 0.213 e. The van der Waals surface area contributed by atoms with Crippen LogP contribution in [0.2, 0.25) is 0 Å². The number of hydrogen-bond donors (Lipinski definition) is 0. The van der Waals surface area contributed by atoms with E-state index in [1.54, 1.807) is 24.3 Å². The molecule has 1 unspecified atom stereocenters. The van der Waals surface area contributed by atoms with Gasteiger partial charge in [-0.2, -0.15) is 0 Å². The second-order valence-electron chi connectivity index (χ2n) is 5.64. The zero-order chi connectivity index (χ0) is 20.0.